The maximum absolute atomic E-state index is 10.7. The molecule has 0 bridgehead atoms. The van der Waals surface area contributed by atoms with E-state index in [9.17, 15) is 25.2 Å². The molecular weight excluding hydrogens is 376 g/mol. The fourth-order valence-electron chi connectivity index (χ4n) is 2.11. The summed E-state index contributed by atoms with van der Waals surface area (Å²) < 4.78 is 20.3. The molecule has 0 amide bonds. The highest BCUT2D eigenvalue weighted by Crippen LogP contribution is 2.26. The van der Waals surface area contributed by atoms with Gasteiger partial charge < -0.3 is 49.6 Å². The van der Waals surface area contributed by atoms with Crippen LogP contribution in [0.15, 0.2) is 0 Å². The Morgan fingerprint density at radius 3 is 2.46 bits per heavy atom. The number of ether oxygens (including phenoxy) is 4. The van der Waals surface area contributed by atoms with Gasteiger partial charge in [-0.05, 0) is 13.8 Å². The van der Waals surface area contributed by atoms with E-state index in [1.165, 1.54) is 0 Å². The van der Waals surface area contributed by atoms with E-state index in [-0.39, 0.29) is 6.61 Å². The van der Waals surface area contributed by atoms with Crippen molar-refractivity contribution >= 4 is 18.6 Å². The summed E-state index contributed by atoms with van der Waals surface area (Å²) in [4.78, 5) is 9.76. The molecule has 6 N–H and O–H groups in total. The van der Waals surface area contributed by atoms with E-state index in [4.69, 9.17) is 24.4 Å². The molecule has 0 aliphatic carbocycles. The van der Waals surface area contributed by atoms with Gasteiger partial charge in [0.1, 0.15) is 29.3 Å². The fourth-order valence-corrected chi connectivity index (χ4v) is 2.23. The summed E-state index contributed by atoms with van der Waals surface area (Å²) in [5, 5.41) is 57.0. The van der Waals surface area contributed by atoms with E-state index < -0.39 is 67.2 Å². The van der Waals surface area contributed by atoms with Crippen LogP contribution in [0.1, 0.15) is 13.8 Å². The molecular formula is C14H26O11S. The lowest BCUT2D eigenvalue weighted by Gasteiger charge is -2.40. The maximum Gasteiger partial charge on any atom is 0.335 e. The van der Waals surface area contributed by atoms with Crippen molar-refractivity contribution in [2.24, 2.45) is 0 Å². The van der Waals surface area contributed by atoms with Gasteiger partial charge in [0.25, 0.3) is 0 Å². The number of carboxylic acids is 1. The summed E-state index contributed by atoms with van der Waals surface area (Å²) in [6.07, 6.45) is -10.3. The van der Waals surface area contributed by atoms with Crippen LogP contribution in [0.25, 0.3) is 0 Å². The Morgan fingerprint density at radius 2 is 1.96 bits per heavy atom. The first kappa shape index (κ1) is 23.5. The molecule has 7 unspecified atom stereocenters. The van der Waals surface area contributed by atoms with Crippen LogP contribution >= 0.6 is 12.6 Å². The minimum absolute atomic E-state index is 0.211. The van der Waals surface area contributed by atoms with Crippen molar-refractivity contribution in [2.45, 2.75) is 61.9 Å². The predicted octanol–water partition coefficient (Wildman–Crippen LogP) is -2.73. The van der Waals surface area contributed by atoms with Gasteiger partial charge in [0.05, 0.1) is 19.8 Å². The highest BCUT2D eigenvalue weighted by molar-refractivity contribution is 7.81. The van der Waals surface area contributed by atoms with E-state index in [1.54, 1.807) is 13.8 Å². The normalized spacial score (nSPS) is 30.6. The summed E-state index contributed by atoms with van der Waals surface area (Å²) in [5.41, 5.74) is 0. The topological polar surface area (TPSA) is 175 Å². The number of aliphatic carboxylic acids is 1. The Kier molecular flexibility index (Phi) is 9.15. The van der Waals surface area contributed by atoms with Gasteiger partial charge in [0.15, 0.2) is 18.7 Å². The van der Waals surface area contributed by atoms with Gasteiger partial charge in [-0.1, -0.05) is 0 Å². The van der Waals surface area contributed by atoms with E-state index in [2.05, 4.69) is 17.4 Å². The molecule has 1 saturated heterocycles. The Balaban J connectivity index is 2.56. The van der Waals surface area contributed by atoms with Crippen LogP contribution in [0.4, 0.5) is 0 Å². The number of hydrogen-bond donors (Lipinski definition) is 7. The summed E-state index contributed by atoms with van der Waals surface area (Å²) in [5.74, 6) is -1.52. The number of rotatable bonds is 10. The second-order valence-electron chi connectivity index (χ2n) is 6.23. The van der Waals surface area contributed by atoms with Crippen molar-refractivity contribution in [3.8, 4) is 0 Å². The van der Waals surface area contributed by atoms with E-state index in [0.717, 1.165) is 0 Å². The van der Waals surface area contributed by atoms with Crippen molar-refractivity contribution in [3.63, 3.8) is 0 Å². The number of carbonyl (C=O) groups is 1. The molecule has 1 heterocycles. The second-order valence-corrected chi connectivity index (χ2v) is 7.30. The summed E-state index contributed by atoms with van der Waals surface area (Å²) in [6.45, 7) is 1.52. The van der Waals surface area contributed by atoms with Gasteiger partial charge in [0, 0.05) is 0 Å². The first-order valence-electron chi connectivity index (χ1n) is 7.81. The second kappa shape index (κ2) is 10.1. The molecule has 154 valence electrons. The molecule has 1 aliphatic heterocycles. The van der Waals surface area contributed by atoms with Gasteiger partial charge in [-0.15, -0.1) is 12.6 Å². The first-order valence-corrected chi connectivity index (χ1v) is 8.25. The smallest absolute Gasteiger partial charge is 0.335 e. The zero-order valence-electron chi connectivity index (χ0n) is 14.3. The predicted molar refractivity (Wildman–Crippen MR) is 87.3 cm³/mol. The average Bonchev–Trinajstić information content (AvgIpc) is 2.53. The van der Waals surface area contributed by atoms with Gasteiger partial charge in [-0.3, -0.25) is 0 Å². The number of carboxylic acid groups (broad SMARTS) is 1. The van der Waals surface area contributed by atoms with Crippen LogP contribution in [0.2, 0.25) is 0 Å². The highest BCUT2D eigenvalue weighted by atomic mass is 32.1. The summed E-state index contributed by atoms with van der Waals surface area (Å²) >= 11 is 4.16. The Bertz CT molecular complexity index is 443. The third kappa shape index (κ3) is 7.23. The van der Waals surface area contributed by atoms with E-state index >= 15 is 0 Å². The molecule has 26 heavy (non-hydrogen) atoms. The summed E-state index contributed by atoms with van der Waals surface area (Å²) in [7, 11) is 0. The van der Waals surface area contributed by atoms with Crippen molar-refractivity contribution in [3.05, 3.63) is 0 Å². The van der Waals surface area contributed by atoms with E-state index in [1.807, 2.05) is 0 Å². The Morgan fingerprint density at radius 1 is 1.35 bits per heavy atom. The minimum Gasteiger partial charge on any atom is -0.479 e. The Labute approximate surface area is 155 Å². The SMILES string of the molecule is CC(C)(S)OC1C(O)COC(OCC(O)C(O)OC(CO)C(=O)O)C1O. The van der Waals surface area contributed by atoms with Crippen molar-refractivity contribution in [1.82, 2.24) is 0 Å². The van der Waals surface area contributed by atoms with Gasteiger partial charge in [-0.25, -0.2) is 4.79 Å². The largest absolute Gasteiger partial charge is 0.479 e. The molecule has 0 spiro atoms. The zero-order valence-corrected chi connectivity index (χ0v) is 15.2. The molecule has 12 heteroatoms. The first-order chi connectivity index (χ1) is 12.0. The fraction of sp³-hybridized carbons (Fsp3) is 0.929. The average molecular weight is 402 g/mol. The van der Waals surface area contributed by atoms with Crippen molar-refractivity contribution in [1.29, 1.82) is 0 Å². The van der Waals surface area contributed by atoms with Crippen molar-refractivity contribution in [2.75, 3.05) is 19.8 Å². The Hall–Kier alpha value is -0.540. The standard InChI is InChI=1S/C14H26O11S/c1-14(2,26)25-10-6(16)4-22-13(9(10)18)23-5-7(17)12(21)24-8(3-15)11(19)20/h6-10,12-13,15-18,21,26H,3-5H2,1-2H3,(H,19,20). The molecule has 1 aliphatic rings. The molecule has 7 atom stereocenters. The molecule has 0 saturated carbocycles. The van der Waals surface area contributed by atoms with Crippen molar-refractivity contribution < 1.29 is 54.4 Å². The third-order valence-corrected chi connectivity index (χ3v) is 3.46. The highest BCUT2D eigenvalue weighted by Gasteiger charge is 2.42. The number of thiol groups is 1. The zero-order chi connectivity index (χ0) is 20.1. The van der Waals surface area contributed by atoms with E-state index in [0.29, 0.717) is 0 Å². The maximum atomic E-state index is 10.7. The molecule has 0 aromatic heterocycles. The molecule has 1 rings (SSSR count). The number of aliphatic hydroxyl groups is 5. The quantitative estimate of drug-likeness (QED) is 0.149. The van der Waals surface area contributed by atoms with Crippen LogP contribution < -0.4 is 0 Å². The monoisotopic (exact) mass is 402 g/mol. The lowest BCUT2D eigenvalue weighted by atomic mass is 10.0. The molecule has 0 radical (unpaired) electrons. The van der Waals surface area contributed by atoms with Crippen LogP contribution in [0, 0.1) is 0 Å². The molecule has 0 aromatic carbocycles. The van der Waals surface area contributed by atoms with Crippen LogP contribution in [-0.2, 0) is 23.7 Å². The lowest BCUT2D eigenvalue weighted by molar-refractivity contribution is -0.295. The van der Waals surface area contributed by atoms with Crippen LogP contribution in [0.5, 0.6) is 0 Å². The number of aliphatic hydroxyl groups excluding tert-OH is 5. The number of hydrogen-bond acceptors (Lipinski definition) is 11. The van der Waals surface area contributed by atoms with Gasteiger partial charge >= 0.3 is 5.97 Å². The molecule has 11 nitrogen and oxygen atoms in total. The van der Waals surface area contributed by atoms with Gasteiger partial charge in [0.2, 0.25) is 0 Å². The van der Waals surface area contributed by atoms with Gasteiger partial charge in [-0.2, -0.15) is 0 Å². The summed E-state index contributed by atoms with van der Waals surface area (Å²) in [6, 6.07) is 0. The molecule has 0 aromatic rings. The van der Waals surface area contributed by atoms with Crippen LogP contribution in [0.3, 0.4) is 0 Å². The lowest BCUT2D eigenvalue weighted by Crippen LogP contribution is -2.57. The minimum atomic E-state index is -1.96. The third-order valence-electron chi connectivity index (χ3n) is 3.36. The molecule has 1 fully saturated rings. The van der Waals surface area contributed by atoms with Crippen LogP contribution in [-0.4, -0.2) is 104 Å².